The SMILES string of the molecule is Cc1ccc(Cc2cc(C(=O)NC3CCOCC3O)c(F)c3ccccc23)cc1. The van der Waals surface area contributed by atoms with E-state index in [0.717, 1.165) is 16.5 Å². The van der Waals surface area contributed by atoms with E-state index in [9.17, 15) is 9.90 Å². The van der Waals surface area contributed by atoms with E-state index in [1.807, 2.05) is 43.3 Å². The molecule has 1 aliphatic heterocycles. The highest BCUT2D eigenvalue weighted by Gasteiger charge is 2.27. The van der Waals surface area contributed by atoms with Crippen molar-refractivity contribution in [1.29, 1.82) is 0 Å². The van der Waals surface area contributed by atoms with Gasteiger partial charge in [0.15, 0.2) is 0 Å². The molecule has 5 heteroatoms. The Morgan fingerprint density at radius 2 is 1.90 bits per heavy atom. The lowest BCUT2D eigenvalue weighted by molar-refractivity contribution is -0.0261. The first-order chi connectivity index (χ1) is 14.0. The van der Waals surface area contributed by atoms with Crippen LogP contribution in [0.1, 0.15) is 33.5 Å². The first-order valence-corrected chi connectivity index (χ1v) is 9.85. The maximum Gasteiger partial charge on any atom is 0.254 e. The second-order valence-electron chi connectivity index (χ2n) is 7.62. The number of hydrogen-bond acceptors (Lipinski definition) is 3. The molecule has 29 heavy (non-hydrogen) atoms. The minimum absolute atomic E-state index is 0.00417. The van der Waals surface area contributed by atoms with Crippen LogP contribution in [0, 0.1) is 12.7 Å². The summed E-state index contributed by atoms with van der Waals surface area (Å²) < 4.78 is 20.4. The van der Waals surface area contributed by atoms with E-state index in [4.69, 9.17) is 4.74 Å². The molecule has 1 fully saturated rings. The Labute approximate surface area is 169 Å². The number of aliphatic hydroxyl groups excluding tert-OH is 1. The first-order valence-electron chi connectivity index (χ1n) is 9.85. The number of carbonyl (C=O) groups is 1. The van der Waals surface area contributed by atoms with Gasteiger partial charge in [-0.05, 0) is 42.3 Å². The maximum atomic E-state index is 15.2. The van der Waals surface area contributed by atoms with Crippen molar-refractivity contribution in [1.82, 2.24) is 5.32 Å². The molecule has 1 amide bonds. The third-order valence-electron chi connectivity index (χ3n) is 5.47. The number of nitrogens with one attached hydrogen (secondary N) is 1. The molecule has 3 aromatic carbocycles. The van der Waals surface area contributed by atoms with E-state index >= 15 is 4.39 Å². The monoisotopic (exact) mass is 393 g/mol. The molecule has 0 spiro atoms. The van der Waals surface area contributed by atoms with Crippen LogP contribution < -0.4 is 5.32 Å². The van der Waals surface area contributed by atoms with Gasteiger partial charge in [0.1, 0.15) is 5.82 Å². The second-order valence-corrected chi connectivity index (χ2v) is 7.62. The molecule has 0 bridgehead atoms. The highest BCUT2D eigenvalue weighted by molar-refractivity contribution is 6.00. The summed E-state index contributed by atoms with van der Waals surface area (Å²) in [6.07, 6.45) is 0.308. The van der Waals surface area contributed by atoms with Crippen LogP contribution in [-0.4, -0.2) is 36.4 Å². The Morgan fingerprint density at radius 3 is 2.62 bits per heavy atom. The van der Waals surface area contributed by atoms with E-state index in [2.05, 4.69) is 5.32 Å². The number of aliphatic hydroxyl groups is 1. The molecule has 150 valence electrons. The van der Waals surface area contributed by atoms with Gasteiger partial charge >= 0.3 is 0 Å². The number of ether oxygens (including phenoxy) is 1. The quantitative estimate of drug-likeness (QED) is 0.710. The smallest absolute Gasteiger partial charge is 0.254 e. The summed E-state index contributed by atoms with van der Waals surface area (Å²) in [6, 6.07) is 16.6. The van der Waals surface area contributed by atoms with Gasteiger partial charge in [-0.1, -0.05) is 54.1 Å². The predicted molar refractivity (Wildman–Crippen MR) is 111 cm³/mol. The molecule has 1 aliphatic rings. The zero-order chi connectivity index (χ0) is 20.4. The number of halogens is 1. The zero-order valence-electron chi connectivity index (χ0n) is 16.3. The molecule has 2 atom stereocenters. The van der Waals surface area contributed by atoms with Crippen molar-refractivity contribution in [3.8, 4) is 0 Å². The fourth-order valence-corrected chi connectivity index (χ4v) is 3.79. The lowest BCUT2D eigenvalue weighted by Crippen LogP contribution is -2.48. The molecule has 0 radical (unpaired) electrons. The summed E-state index contributed by atoms with van der Waals surface area (Å²) in [4.78, 5) is 12.9. The molecule has 0 saturated carbocycles. The van der Waals surface area contributed by atoms with Crippen molar-refractivity contribution < 1.29 is 19.0 Å². The van der Waals surface area contributed by atoms with Gasteiger partial charge in [-0.2, -0.15) is 0 Å². The molecular weight excluding hydrogens is 369 g/mol. The van der Waals surface area contributed by atoms with Crippen molar-refractivity contribution in [2.45, 2.75) is 31.9 Å². The van der Waals surface area contributed by atoms with Gasteiger partial charge in [0, 0.05) is 12.0 Å². The minimum Gasteiger partial charge on any atom is -0.389 e. The Morgan fingerprint density at radius 1 is 1.17 bits per heavy atom. The average molecular weight is 393 g/mol. The maximum absolute atomic E-state index is 15.2. The molecule has 4 nitrogen and oxygen atoms in total. The third kappa shape index (κ3) is 4.16. The van der Waals surface area contributed by atoms with Crippen LogP contribution in [0.4, 0.5) is 4.39 Å². The van der Waals surface area contributed by atoms with Crippen LogP contribution in [0.15, 0.2) is 54.6 Å². The number of benzene rings is 3. The van der Waals surface area contributed by atoms with Gasteiger partial charge in [0.05, 0.1) is 24.3 Å². The van der Waals surface area contributed by atoms with Crippen molar-refractivity contribution >= 4 is 16.7 Å². The first kappa shape index (κ1) is 19.6. The number of amides is 1. The third-order valence-corrected chi connectivity index (χ3v) is 5.47. The summed E-state index contributed by atoms with van der Waals surface area (Å²) in [6.45, 7) is 2.66. The van der Waals surface area contributed by atoms with E-state index < -0.39 is 23.9 Å². The summed E-state index contributed by atoms with van der Waals surface area (Å²) in [5.74, 6) is -1.04. The van der Waals surface area contributed by atoms with Crippen molar-refractivity contribution in [2.24, 2.45) is 0 Å². The average Bonchev–Trinajstić information content (AvgIpc) is 2.73. The van der Waals surface area contributed by atoms with E-state index in [1.165, 1.54) is 5.56 Å². The summed E-state index contributed by atoms with van der Waals surface area (Å²) in [5.41, 5.74) is 3.17. The Kier molecular flexibility index (Phi) is 5.60. The lowest BCUT2D eigenvalue weighted by atomic mass is 9.94. The van der Waals surface area contributed by atoms with Crippen LogP contribution in [-0.2, 0) is 11.2 Å². The molecule has 4 rings (SSSR count). The normalized spacial score (nSPS) is 19.3. The van der Waals surface area contributed by atoms with E-state index in [0.29, 0.717) is 24.8 Å². The topological polar surface area (TPSA) is 58.6 Å². The zero-order valence-corrected chi connectivity index (χ0v) is 16.3. The molecule has 1 heterocycles. The van der Waals surface area contributed by atoms with Crippen molar-refractivity contribution in [2.75, 3.05) is 13.2 Å². The predicted octanol–water partition coefficient (Wildman–Crippen LogP) is 3.76. The highest BCUT2D eigenvalue weighted by Crippen LogP contribution is 2.27. The molecule has 2 N–H and O–H groups in total. The van der Waals surface area contributed by atoms with Gasteiger partial charge in [0.25, 0.3) is 5.91 Å². The van der Waals surface area contributed by atoms with Gasteiger partial charge in [-0.15, -0.1) is 0 Å². The van der Waals surface area contributed by atoms with Crippen LogP contribution in [0.3, 0.4) is 0 Å². The van der Waals surface area contributed by atoms with Gasteiger partial charge in [-0.3, -0.25) is 4.79 Å². The van der Waals surface area contributed by atoms with E-state index in [-0.39, 0.29) is 12.2 Å². The summed E-state index contributed by atoms with van der Waals surface area (Å²) in [7, 11) is 0. The van der Waals surface area contributed by atoms with Crippen LogP contribution in [0.5, 0.6) is 0 Å². The number of carbonyl (C=O) groups excluding carboxylic acids is 1. The minimum atomic E-state index is -0.789. The number of hydrogen-bond donors (Lipinski definition) is 2. The fourth-order valence-electron chi connectivity index (χ4n) is 3.79. The van der Waals surface area contributed by atoms with Crippen LogP contribution in [0.2, 0.25) is 0 Å². The van der Waals surface area contributed by atoms with Gasteiger partial charge in [0.2, 0.25) is 0 Å². The molecule has 2 unspecified atom stereocenters. The van der Waals surface area contributed by atoms with Gasteiger partial charge < -0.3 is 15.2 Å². The molecule has 0 aliphatic carbocycles. The van der Waals surface area contributed by atoms with E-state index in [1.54, 1.807) is 18.2 Å². The second kappa shape index (κ2) is 8.31. The number of rotatable bonds is 4. The number of fused-ring (bicyclic) bond motifs is 1. The highest BCUT2D eigenvalue weighted by atomic mass is 19.1. The summed E-state index contributed by atoms with van der Waals surface area (Å²) >= 11 is 0. The number of aryl methyl sites for hydroxylation is 1. The molecule has 0 aromatic heterocycles. The Hall–Kier alpha value is -2.76. The van der Waals surface area contributed by atoms with Crippen LogP contribution in [0.25, 0.3) is 10.8 Å². The van der Waals surface area contributed by atoms with Crippen molar-refractivity contribution in [3.05, 3.63) is 82.7 Å². The largest absolute Gasteiger partial charge is 0.389 e. The standard InChI is InChI=1S/C24H24FNO3/c1-15-6-8-16(9-7-15)12-17-13-20(23(25)19-5-3-2-4-18(17)19)24(28)26-21-10-11-29-14-22(21)27/h2-9,13,21-22,27H,10-12,14H2,1H3,(H,26,28). The fraction of sp³-hybridized carbons (Fsp3) is 0.292. The Bertz CT molecular complexity index is 1030. The Balaban J connectivity index is 1.71. The molecule has 3 aromatic rings. The van der Waals surface area contributed by atoms with Gasteiger partial charge in [-0.25, -0.2) is 4.39 Å². The molecular formula is C24H24FNO3. The van der Waals surface area contributed by atoms with Crippen molar-refractivity contribution in [3.63, 3.8) is 0 Å². The lowest BCUT2D eigenvalue weighted by Gasteiger charge is -2.28. The summed E-state index contributed by atoms with van der Waals surface area (Å²) in [5, 5.41) is 14.0. The van der Waals surface area contributed by atoms with Crippen LogP contribution >= 0.6 is 0 Å². The molecule has 1 saturated heterocycles.